The average Bonchev–Trinajstić information content (AvgIpc) is 2.37. The summed E-state index contributed by atoms with van der Waals surface area (Å²) in [6, 6.07) is 4.20. The zero-order chi connectivity index (χ0) is 14.9. The lowest BCUT2D eigenvalue weighted by molar-refractivity contribution is -0.384. The monoisotopic (exact) mass is 297 g/mol. The highest BCUT2D eigenvalue weighted by molar-refractivity contribution is 6.33. The van der Waals surface area contributed by atoms with Crippen LogP contribution in [0.1, 0.15) is 17.3 Å². The van der Waals surface area contributed by atoms with Gasteiger partial charge in [-0.15, -0.1) is 0 Å². The molecule has 1 unspecified atom stereocenters. The molecule has 1 aliphatic heterocycles. The molecular weight excluding hydrogens is 282 g/mol. The second-order valence-corrected chi connectivity index (χ2v) is 5.44. The smallest absolute Gasteiger partial charge is 0.287 e. The highest BCUT2D eigenvalue weighted by Crippen LogP contribution is 2.26. The van der Waals surface area contributed by atoms with Crippen molar-refractivity contribution in [3.8, 4) is 0 Å². The minimum Gasteiger partial charge on any atom is -0.333 e. The van der Waals surface area contributed by atoms with Crippen LogP contribution in [0.2, 0.25) is 5.02 Å². The fraction of sp³-hybridized carbons (Fsp3) is 0.462. The number of piperazine rings is 1. The van der Waals surface area contributed by atoms with E-state index in [0.29, 0.717) is 12.1 Å². The van der Waals surface area contributed by atoms with E-state index in [1.54, 1.807) is 4.90 Å². The molecule has 1 aliphatic rings. The van der Waals surface area contributed by atoms with Gasteiger partial charge in [0, 0.05) is 37.3 Å². The summed E-state index contributed by atoms with van der Waals surface area (Å²) in [6.45, 7) is 4.26. The van der Waals surface area contributed by atoms with Crippen molar-refractivity contribution in [2.75, 3.05) is 26.7 Å². The van der Waals surface area contributed by atoms with Crippen molar-refractivity contribution in [1.82, 2.24) is 9.80 Å². The second kappa shape index (κ2) is 5.76. The number of likely N-dealkylation sites (N-methyl/N-ethyl adjacent to an activating group) is 1. The molecule has 0 aromatic heterocycles. The molecular formula is C13H16ClN3O3. The van der Waals surface area contributed by atoms with Crippen LogP contribution in [-0.2, 0) is 0 Å². The van der Waals surface area contributed by atoms with Gasteiger partial charge in [-0.2, -0.15) is 0 Å². The van der Waals surface area contributed by atoms with Gasteiger partial charge in [-0.05, 0) is 26.1 Å². The van der Waals surface area contributed by atoms with Crippen molar-refractivity contribution < 1.29 is 9.72 Å². The van der Waals surface area contributed by atoms with E-state index in [9.17, 15) is 14.9 Å². The first-order chi connectivity index (χ1) is 9.40. The SMILES string of the molecule is CC1CN(C)CCN1C(=O)c1ccc([N+](=O)[O-])c(Cl)c1. The molecule has 0 radical (unpaired) electrons. The second-order valence-electron chi connectivity index (χ2n) is 5.03. The minimum atomic E-state index is -0.560. The number of carbonyl (C=O) groups excluding carboxylic acids is 1. The number of halogens is 1. The number of benzene rings is 1. The predicted molar refractivity (Wildman–Crippen MR) is 76.1 cm³/mol. The molecule has 0 spiro atoms. The summed E-state index contributed by atoms with van der Waals surface area (Å²) in [7, 11) is 2.01. The van der Waals surface area contributed by atoms with E-state index in [4.69, 9.17) is 11.6 Å². The van der Waals surface area contributed by atoms with Gasteiger partial charge in [0.15, 0.2) is 0 Å². The number of nitro benzene ring substituents is 1. The Balaban J connectivity index is 2.21. The van der Waals surface area contributed by atoms with Crippen molar-refractivity contribution in [3.05, 3.63) is 38.9 Å². The molecule has 0 aliphatic carbocycles. The lowest BCUT2D eigenvalue weighted by Crippen LogP contribution is -2.52. The fourth-order valence-electron chi connectivity index (χ4n) is 2.40. The third-order valence-electron chi connectivity index (χ3n) is 3.48. The maximum atomic E-state index is 12.4. The Hall–Kier alpha value is -1.66. The first-order valence-electron chi connectivity index (χ1n) is 6.33. The van der Waals surface area contributed by atoms with Crippen molar-refractivity contribution in [2.24, 2.45) is 0 Å². The van der Waals surface area contributed by atoms with Gasteiger partial charge in [0.1, 0.15) is 5.02 Å². The predicted octanol–water partition coefficient (Wildman–Crippen LogP) is 2.02. The lowest BCUT2D eigenvalue weighted by Gasteiger charge is -2.38. The molecule has 0 saturated carbocycles. The molecule has 1 aromatic rings. The molecule has 7 heteroatoms. The van der Waals surface area contributed by atoms with Crippen LogP contribution < -0.4 is 0 Å². The summed E-state index contributed by atoms with van der Waals surface area (Å²) < 4.78 is 0. The summed E-state index contributed by atoms with van der Waals surface area (Å²) in [5, 5.41) is 10.7. The normalized spacial score (nSPS) is 19.9. The van der Waals surface area contributed by atoms with E-state index in [1.165, 1.54) is 18.2 Å². The number of amides is 1. The van der Waals surface area contributed by atoms with Crippen LogP contribution in [0.3, 0.4) is 0 Å². The van der Waals surface area contributed by atoms with E-state index in [2.05, 4.69) is 4.90 Å². The van der Waals surface area contributed by atoms with Crippen molar-refractivity contribution in [3.63, 3.8) is 0 Å². The van der Waals surface area contributed by atoms with Gasteiger partial charge in [0.05, 0.1) is 4.92 Å². The maximum Gasteiger partial charge on any atom is 0.287 e. The molecule has 20 heavy (non-hydrogen) atoms. The first-order valence-corrected chi connectivity index (χ1v) is 6.71. The maximum absolute atomic E-state index is 12.4. The van der Waals surface area contributed by atoms with Gasteiger partial charge < -0.3 is 9.80 Å². The standard InChI is InChI=1S/C13H16ClN3O3/c1-9-8-15(2)5-6-16(9)13(18)10-3-4-12(17(19)20)11(14)7-10/h3-4,7,9H,5-6,8H2,1-2H3. The Morgan fingerprint density at radius 3 is 2.70 bits per heavy atom. The first kappa shape index (κ1) is 14.7. The van der Waals surface area contributed by atoms with Crippen LogP contribution >= 0.6 is 11.6 Å². The zero-order valence-corrected chi connectivity index (χ0v) is 12.1. The van der Waals surface area contributed by atoms with E-state index in [1.807, 2.05) is 14.0 Å². The van der Waals surface area contributed by atoms with Gasteiger partial charge in [-0.3, -0.25) is 14.9 Å². The third kappa shape index (κ3) is 2.91. The Morgan fingerprint density at radius 2 is 2.15 bits per heavy atom. The highest BCUT2D eigenvalue weighted by Gasteiger charge is 2.27. The summed E-state index contributed by atoms with van der Waals surface area (Å²) in [6.07, 6.45) is 0. The van der Waals surface area contributed by atoms with Crippen molar-refractivity contribution >= 4 is 23.2 Å². The lowest BCUT2D eigenvalue weighted by atomic mass is 10.1. The van der Waals surface area contributed by atoms with Gasteiger partial charge in [0.2, 0.25) is 0 Å². The van der Waals surface area contributed by atoms with Crippen LogP contribution in [0, 0.1) is 10.1 Å². The zero-order valence-electron chi connectivity index (χ0n) is 11.4. The Labute approximate surface area is 122 Å². The topological polar surface area (TPSA) is 66.7 Å². The van der Waals surface area contributed by atoms with Crippen molar-refractivity contribution in [2.45, 2.75) is 13.0 Å². The largest absolute Gasteiger partial charge is 0.333 e. The molecule has 108 valence electrons. The molecule has 1 aromatic carbocycles. The molecule has 1 amide bonds. The van der Waals surface area contributed by atoms with E-state index < -0.39 is 4.92 Å². The summed E-state index contributed by atoms with van der Waals surface area (Å²) in [5.41, 5.74) is 0.201. The highest BCUT2D eigenvalue weighted by atomic mass is 35.5. The Kier molecular flexibility index (Phi) is 4.25. The average molecular weight is 298 g/mol. The number of carbonyl (C=O) groups is 1. The molecule has 0 bridgehead atoms. The quantitative estimate of drug-likeness (QED) is 0.619. The fourth-order valence-corrected chi connectivity index (χ4v) is 2.64. The van der Waals surface area contributed by atoms with Crippen LogP contribution in [0.25, 0.3) is 0 Å². The molecule has 1 saturated heterocycles. The molecule has 2 rings (SSSR count). The molecule has 1 atom stereocenters. The summed E-state index contributed by atoms with van der Waals surface area (Å²) in [4.78, 5) is 26.5. The van der Waals surface area contributed by atoms with E-state index >= 15 is 0 Å². The minimum absolute atomic E-state index is 0.0115. The third-order valence-corrected chi connectivity index (χ3v) is 3.79. The number of hydrogen-bond donors (Lipinski definition) is 0. The Bertz CT molecular complexity index is 550. The van der Waals surface area contributed by atoms with Crippen LogP contribution in [-0.4, -0.2) is 53.4 Å². The van der Waals surface area contributed by atoms with Gasteiger partial charge in [-0.25, -0.2) is 0 Å². The molecule has 0 N–H and O–H groups in total. The molecule has 1 heterocycles. The molecule has 1 fully saturated rings. The van der Waals surface area contributed by atoms with Gasteiger partial charge in [0.25, 0.3) is 11.6 Å². The van der Waals surface area contributed by atoms with Crippen LogP contribution in [0.4, 0.5) is 5.69 Å². The van der Waals surface area contributed by atoms with Crippen LogP contribution in [0.15, 0.2) is 18.2 Å². The molecule has 6 nitrogen and oxygen atoms in total. The van der Waals surface area contributed by atoms with E-state index in [-0.39, 0.29) is 22.7 Å². The summed E-state index contributed by atoms with van der Waals surface area (Å²) >= 11 is 5.85. The van der Waals surface area contributed by atoms with Gasteiger partial charge in [-0.1, -0.05) is 11.6 Å². The number of hydrogen-bond acceptors (Lipinski definition) is 4. The summed E-state index contributed by atoms with van der Waals surface area (Å²) in [5.74, 6) is -0.137. The number of rotatable bonds is 2. The Morgan fingerprint density at radius 1 is 1.45 bits per heavy atom. The van der Waals surface area contributed by atoms with Gasteiger partial charge >= 0.3 is 0 Å². The number of nitrogens with zero attached hydrogens (tertiary/aromatic N) is 3. The van der Waals surface area contributed by atoms with Crippen LogP contribution in [0.5, 0.6) is 0 Å². The van der Waals surface area contributed by atoms with E-state index in [0.717, 1.165) is 13.1 Å². The van der Waals surface area contributed by atoms with Crippen molar-refractivity contribution in [1.29, 1.82) is 0 Å². The number of nitro groups is 1.